The van der Waals surface area contributed by atoms with E-state index in [1.807, 2.05) is 55.1 Å². The van der Waals surface area contributed by atoms with Gasteiger partial charge in [-0.2, -0.15) is 0 Å². The molecule has 0 aliphatic carbocycles. The lowest BCUT2D eigenvalue weighted by molar-refractivity contribution is 0.0684. The smallest absolute Gasteiger partial charge is 0.273 e. The molecule has 1 aliphatic heterocycles. The molecule has 0 radical (unpaired) electrons. The number of rotatable bonds is 5. The summed E-state index contributed by atoms with van der Waals surface area (Å²) in [5.74, 6) is 0.811. The number of nitrogens with zero attached hydrogens (tertiary/aromatic N) is 4. The Morgan fingerprint density at radius 2 is 1.88 bits per heavy atom. The van der Waals surface area contributed by atoms with Crippen LogP contribution in [0.15, 0.2) is 42.7 Å². The van der Waals surface area contributed by atoms with Gasteiger partial charge in [-0.25, -0.2) is 9.97 Å². The molecule has 1 aromatic heterocycles. The van der Waals surface area contributed by atoms with E-state index in [2.05, 4.69) is 14.9 Å². The quantitative estimate of drug-likeness (QED) is 0.848. The lowest BCUT2D eigenvalue weighted by Gasteiger charge is -2.27. The lowest BCUT2D eigenvalue weighted by atomic mass is 10.1. The van der Waals surface area contributed by atoms with E-state index in [-0.39, 0.29) is 11.9 Å². The van der Waals surface area contributed by atoms with Gasteiger partial charge in [-0.15, -0.1) is 0 Å². The normalized spacial score (nSPS) is 14.2. The number of hydrogen-bond donors (Lipinski definition) is 0. The first kappa shape index (κ1) is 16.4. The van der Waals surface area contributed by atoms with Crippen molar-refractivity contribution in [1.29, 1.82) is 0 Å². The molecule has 2 heterocycles. The van der Waals surface area contributed by atoms with Crippen molar-refractivity contribution in [2.75, 3.05) is 18.0 Å². The third kappa shape index (κ3) is 3.72. The van der Waals surface area contributed by atoms with E-state index in [1.165, 1.54) is 19.2 Å². The second kappa shape index (κ2) is 7.43. The minimum absolute atomic E-state index is 0.0447. The molecule has 0 saturated carbocycles. The zero-order valence-electron chi connectivity index (χ0n) is 14.4. The van der Waals surface area contributed by atoms with Crippen LogP contribution in [0, 0.1) is 0 Å². The summed E-state index contributed by atoms with van der Waals surface area (Å²) >= 11 is 0. The number of carbonyl (C=O) groups excluding carboxylic acids is 1. The fourth-order valence-corrected chi connectivity index (χ4v) is 3.00. The van der Waals surface area contributed by atoms with Gasteiger partial charge in [0, 0.05) is 31.7 Å². The van der Waals surface area contributed by atoms with E-state index in [0.717, 1.165) is 24.5 Å². The van der Waals surface area contributed by atoms with Crippen LogP contribution in [-0.4, -0.2) is 39.9 Å². The Morgan fingerprint density at radius 3 is 2.54 bits per heavy atom. The molecule has 0 atom stereocenters. The van der Waals surface area contributed by atoms with Crippen molar-refractivity contribution >= 4 is 11.7 Å². The average molecular weight is 324 g/mol. The van der Waals surface area contributed by atoms with Crippen molar-refractivity contribution < 1.29 is 4.79 Å². The van der Waals surface area contributed by atoms with Crippen molar-refractivity contribution in [3.63, 3.8) is 0 Å². The summed E-state index contributed by atoms with van der Waals surface area (Å²) in [5.41, 5.74) is 1.59. The largest absolute Gasteiger partial charge is 0.357 e. The summed E-state index contributed by atoms with van der Waals surface area (Å²) in [5, 5.41) is 0. The number of carbonyl (C=O) groups is 1. The SMILES string of the molecule is CC(C)N(Cc1ccccc1)C(=O)c1cc(N2CCCC2)ncn1. The molecule has 24 heavy (non-hydrogen) atoms. The molecular formula is C19H24N4O. The van der Waals surface area contributed by atoms with E-state index >= 15 is 0 Å². The Morgan fingerprint density at radius 1 is 1.17 bits per heavy atom. The van der Waals surface area contributed by atoms with E-state index in [9.17, 15) is 4.79 Å². The highest BCUT2D eigenvalue weighted by molar-refractivity contribution is 5.93. The molecule has 1 saturated heterocycles. The van der Waals surface area contributed by atoms with E-state index in [1.54, 1.807) is 0 Å². The molecule has 5 heteroatoms. The molecule has 1 aromatic carbocycles. The van der Waals surface area contributed by atoms with Crippen molar-refractivity contribution in [3.8, 4) is 0 Å². The van der Waals surface area contributed by atoms with Crippen LogP contribution >= 0.6 is 0 Å². The predicted octanol–water partition coefficient (Wildman–Crippen LogP) is 3.13. The second-order valence-corrected chi connectivity index (χ2v) is 6.47. The topological polar surface area (TPSA) is 49.3 Å². The Kier molecular flexibility index (Phi) is 5.08. The van der Waals surface area contributed by atoms with Gasteiger partial charge in [0.2, 0.25) is 0 Å². The Hall–Kier alpha value is -2.43. The van der Waals surface area contributed by atoms with Crippen LogP contribution < -0.4 is 4.90 Å². The molecule has 0 spiro atoms. The second-order valence-electron chi connectivity index (χ2n) is 6.47. The fraction of sp³-hybridized carbons (Fsp3) is 0.421. The maximum Gasteiger partial charge on any atom is 0.273 e. The minimum Gasteiger partial charge on any atom is -0.357 e. The average Bonchev–Trinajstić information content (AvgIpc) is 3.14. The predicted molar refractivity (Wildman–Crippen MR) is 94.9 cm³/mol. The van der Waals surface area contributed by atoms with Gasteiger partial charge in [-0.1, -0.05) is 30.3 Å². The fourth-order valence-electron chi connectivity index (χ4n) is 3.00. The molecule has 1 aliphatic rings. The molecule has 5 nitrogen and oxygen atoms in total. The summed E-state index contributed by atoms with van der Waals surface area (Å²) < 4.78 is 0. The van der Waals surface area contributed by atoms with Gasteiger partial charge in [0.1, 0.15) is 17.8 Å². The molecular weight excluding hydrogens is 300 g/mol. The molecule has 0 bridgehead atoms. The van der Waals surface area contributed by atoms with Gasteiger partial charge in [0.25, 0.3) is 5.91 Å². The zero-order chi connectivity index (χ0) is 16.9. The van der Waals surface area contributed by atoms with Crippen molar-refractivity contribution in [3.05, 3.63) is 54.0 Å². The van der Waals surface area contributed by atoms with E-state index in [0.29, 0.717) is 12.2 Å². The maximum absolute atomic E-state index is 13.0. The van der Waals surface area contributed by atoms with Crippen molar-refractivity contribution in [1.82, 2.24) is 14.9 Å². The minimum atomic E-state index is -0.0447. The standard InChI is InChI=1S/C19H24N4O/c1-15(2)23(13-16-8-4-3-5-9-16)19(24)17-12-18(21-14-20-17)22-10-6-7-11-22/h3-5,8-9,12,14-15H,6-7,10-11,13H2,1-2H3. The van der Waals surface area contributed by atoms with Crippen molar-refractivity contribution in [2.24, 2.45) is 0 Å². The van der Waals surface area contributed by atoms with Gasteiger partial charge >= 0.3 is 0 Å². The third-order valence-corrected chi connectivity index (χ3v) is 4.38. The highest BCUT2D eigenvalue weighted by Crippen LogP contribution is 2.19. The first-order valence-corrected chi connectivity index (χ1v) is 8.57. The molecule has 3 rings (SSSR count). The first-order chi connectivity index (χ1) is 11.6. The number of hydrogen-bond acceptors (Lipinski definition) is 4. The number of amides is 1. The Bertz CT molecular complexity index is 681. The van der Waals surface area contributed by atoms with Crippen LogP contribution in [-0.2, 0) is 6.54 Å². The summed E-state index contributed by atoms with van der Waals surface area (Å²) in [6, 6.07) is 12.0. The van der Waals surface area contributed by atoms with Crippen molar-refractivity contribution in [2.45, 2.75) is 39.3 Å². The van der Waals surface area contributed by atoms with Gasteiger partial charge in [0.15, 0.2) is 0 Å². The molecule has 2 aromatic rings. The Balaban J connectivity index is 1.81. The molecule has 126 valence electrons. The summed E-state index contributed by atoms with van der Waals surface area (Å²) in [7, 11) is 0. The Labute approximate surface area is 143 Å². The van der Waals surface area contributed by atoms with E-state index < -0.39 is 0 Å². The lowest BCUT2D eigenvalue weighted by Crippen LogP contribution is -2.37. The van der Waals surface area contributed by atoms with Gasteiger partial charge < -0.3 is 9.80 Å². The third-order valence-electron chi connectivity index (χ3n) is 4.38. The molecule has 0 unspecified atom stereocenters. The van der Waals surface area contributed by atoms with Crippen LogP contribution in [0.3, 0.4) is 0 Å². The zero-order valence-corrected chi connectivity index (χ0v) is 14.4. The van der Waals surface area contributed by atoms with Crippen LogP contribution in [0.5, 0.6) is 0 Å². The molecule has 1 fully saturated rings. The number of anilines is 1. The van der Waals surface area contributed by atoms with Gasteiger partial charge in [-0.3, -0.25) is 4.79 Å². The molecule has 1 amide bonds. The van der Waals surface area contributed by atoms with Crippen LogP contribution in [0.25, 0.3) is 0 Å². The summed E-state index contributed by atoms with van der Waals surface area (Å²) in [4.78, 5) is 25.6. The highest BCUT2D eigenvalue weighted by Gasteiger charge is 2.22. The van der Waals surface area contributed by atoms with Gasteiger partial charge in [-0.05, 0) is 32.3 Å². The van der Waals surface area contributed by atoms with Crippen LogP contribution in [0.2, 0.25) is 0 Å². The number of benzene rings is 1. The summed E-state index contributed by atoms with van der Waals surface area (Å²) in [6.45, 7) is 6.65. The summed E-state index contributed by atoms with van der Waals surface area (Å²) in [6.07, 6.45) is 3.86. The van der Waals surface area contributed by atoms with Gasteiger partial charge in [0.05, 0.1) is 0 Å². The number of aromatic nitrogens is 2. The maximum atomic E-state index is 13.0. The van der Waals surface area contributed by atoms with E-state index in [4.69, 9.17) is 0 Å². The van der Waals surface area contributed by atoms with Crippen LogP contribution in [0.1, 0.15) is 42.7 Å². The first-order valence-electron chi connectivity index (χ1n) is 8.57. The monoisotopic (exact) mass is 324 g/mol. The molecule has 0 N–H and O–H groups in total. The highest BCUT2D eigenvalue weighted by atomic mass is 16.2. The van der Waals surface area contributed by atoms with Crippen LogP contribution in [0.4, 0.5) is 5.82 Å².